The zero-order valence-corrected chi connectivity index (χ0v) is 10.9. The number of hydrogen-bond acceptors (Lipinski definition) is 2. The van der Waals surface area contributed by atoms with E-state index in [4.69, 9.17) is 4.43 Å². The molecule has 2 unspecified atom stereocenters. The quantitative estimate of drug-likeness (QED) is 0.563. The molecule has 3 heteroatoms. The molecule has 0 spiro atoms. The van der Waals surface area contributed by atoms with E-state index in [9.17, 15) is 5.11 Å². The van der Waals surface area contributed by atoms with E-state index in [1.807, 2.05) is 0 Å². The first-order valence-corrected chi connectivity index (χ1v) is 7.85. The molecule has 0 heterocycles. The summed E-state index contributed by atoms with van der Waals surface area (Å²) >= 11 is 0. The van der Waals surface area contributed by atoms with E-state index in [0.29, 0.717) is 5.92 Å². The lowest BCUT2D eigenvalue weighted by molar-refractivity contribution is -0.0453. The molecule has 0 bridgehead atoms. The topological polar surface area (TPSA) is 29.5 Å². The van der Waals surface area contributed by atoms with Crippen molar-refractivity contribution in [1.82, 2.24) is 0 Å². The van der Waals surface area contributed by atoms with Gasteiger partial charge in [0.1, 0.15) is 6.29 Å². The summed E-state index contributed by atoms with van der Waals surface area (Å²) in [6, 6.07) is 0. The molecule has 0 saturated heterocycles. The molecule has 0 fully saturated rings. The molecule has 0 aromatic rings. The minimum atomic E-state index is -1.09. The number of hydrogen-bond donors (Lipinski definition) is 1. The Morgan fingerprint density at radius 3 is 2.08 bits per heavy atom. The SMILES string of the molecule is CC(CC(O)O[SiH](C)C)C(C)(C)C. The van der Waals surface area contributed by atoms with Crippen LogP contribution >= 0.6 is 0 Å². The number of aliphatic hydroxyl groups excluding tert-OH is 1. The van der Waals surface area contributed by atoms with Gasteiger partial charge in [-0.25, -0.2) is 0 Å². The first-order valence-electron chi connectivity index (χ1n) is 5.07. The molecule has 80 valence electrons. The Kier molecular flexibility index (Phi) is 5.18. The van der Waals surface area contributed by atoms with Crippen LogP contribution in [0.15, 0.2) is 0 Å². The van der Waals surface area contributed by atoms with Gasteiger partial charge in [-0.1, -0.05) is 27.7 Å². The van der Waals surface area contributed by atoms with Crippen LogP contribution in [0.4, 0.5) is 0 Å². The van der Waals surface area contributed by atoms with Crippen molar-refractivity contribution in [3.8, 4) is 0 Å². The fourth-order valence-electron chi connectivity index (χ4n) is 1.03. The molecule has 0 aliphatic rings. The molecule has 0 aliphatic heterocycles. The summed E-state index contributed by atoms with van der Waals surface area (Å²) in [5, 5.41) is 9.57. The van der Waals surface area contributed by atoms with E-state index in [1.54, 1.807) is 0 Å². The van der Waals surface area contributed by atoms with E-state index in [2.05, 4.69) is 40.8 Å². The Bertz CT molecular complexity index is 140. The van der Waals surface area contributed by atoms with Crippen molar-refractivity contribution in [2.45, 2.75) is 53.5 Å². The second-order valence-electron chi connectivity index (χ2n) is 5.14. The third kappa shape index (κ3) is 6.24. The van der Waals surface area contributed by atoms with E-state index in [1.165, 1.54) is 0 Å². The Labute approximate surface area is 84.0 Å². The highest BCUT2D eigenvalue weighted by Crippen LogP contribution is 2.29. The minimum Gasteiger partial charge on any atom is -0.396 e. The van der Waals surface area contributed by atoms with Gasteiger partial charge in [0.05, 0.1) is 0 Å². The fourth-order valence-corrected chi connectivity index (χ4v) is 1.77. The van der Waals surface area contributed by atoms with Gasteiger partial charge in [0.25, 0.3) is 0 Å². The van der Waals surface area contributed by atoms with Crippen molar-refractivity contribution in [1.29, 1.82) is 0 Å². The van der Waals surface area contributed by atoms with Crippen molar-refractivity contribution >= 4 is 9.04 Å². The average molecular weight is 204 g/mol. The largest absolute Gasteiger partial charge is 0.396 e. The zero-order valence-electron chi connectivity index (χ0n) is 9.79. The van der Waals surface area contributed by atoms with Crippen molar-refractivity contribution in [2.24, 2.45) is 11.3 Å². The van der Waals surface area contributed by atoms with Gasteiger partial charge >= 0.3 is 0 Å². The molecule has 2 nitrogen and oxygen atoms in total. The zero-order chi connectivity index (χ0) is 10.6. The normalized spacial score (nSPS) is 17.5. The second kappa shape index (κ2) is 5.13. The number of aliphatic hydroxyl groups is 1. The Balaban J connectivity index is 3.85. The average Bonchev–Trinajstić information content (AvgIpc) is 1.82. The van der Waals surface area contributed by atoms with Crippen LogP contribution in [0.1, 0.15) is 34.1 Å². The van der Waals surface area contributed by atoms with Gasteiger partial charge in [-0.05, 0) is 24.4 Å². The van der Waals surface area contributed by atoms with Gasteiger partial charge in [-0.2, -0.15) is 0 Å². The highest BCUT2D eigenvalue weighted by molar-refractivity contribution is 6.48. The first-order chi connectivity index (χ1) is 5.73. The van der Waals surface area contributed by atoms with Gasteiger partial charge in [0.15, 0.2) is 9.04 Å². The monoisotopic (exact) mass is 204 g/mol. The van der Waals surface area contributed by atoms with Crippen molar-refractivity contribution in [3.63, 3.8) is 0 Å². The summed E-state index contributed by atoms with van der Waals surface area (Å²) in [6.07, 6.45) is 0.190. The lowest BCUT2D eigenvalue weighted by Gasteiger charge is -2.29. The smallest absolute Gasteiger partial charge is 0.174 e. The minimum absolute atomic E-state index is 0.253. The summed E-state index contributed by atoms with van der Waals surface area (Å²) in [5.74, 6) is 0.482. The Hall–Kier alpha value is 0.137. The van der Waals surface area contributed by atoms with Crippen LogP contribution in [0.2, 0.25) is 13.1 Å². The Morgan fingerprint density at radius 1 is 1.31 bits per heavy atom. The summed E-state index contributed by atoms with van der Waals surface area (Å²) in [6.45, 7) is 12.9. The molecule has 0 aromatic carbocycles. The standard InChI is InChI=1S/C10H24O2Si/c1-8(10(2,3)4)7-9(11)12-13(5)6/h8-9,11,13H,7H2,1-6H3. The number of rotatable bonds is 4. The maximum Gasteiger partial charge on any atom is 0.174 e. The van der Waals surface area contributed by atoms with Crippen LogP contribution in [0, 0.1) is 11.3 Å². The van der Waals surface area contributed by atoms with Crippen molar-refractivity contribution < 1.29 is 9.53 Å². The summed E-state index contributed by atoms with van der Waals surface area (Å²) in [7, 11) is -1.09. The van der Waals surface area contributed by atoms with E-state index < -0.39 is 15.3 Å². The lowest BCUT2D eigenvalue weighted by atomic mass is 9.80. The van der Waals surface area contributed by atoms with E-state index >= 15 is 0 Å². The molecular weight excluding hydrogens is 180 g/mol. The summed E-state index contributed by atoms with van der Waals surface area (Å²) in [5.41, 5.74) is 0.253. The summed E-state index contributed by atoms with van der Waals surface area (Å²) < 4.78 is 5.41. The third-order valence-electron chi connectivity index (χ3n) is 2.46. The molecule has 0 aromatic heterocycles. The van der Waals surface area contributed by atoms with Crippen LogP contribution in [-0.4, -0.2) is 20.4 Å². The fraction of sp³-hybridized carbons (Fsp3) is 1.00. The highest BCUT2D eigenvalue weighted by Gasteiger charge is 2.23. The first kappa shape index (κ1) is 13.1. The van der Waals surface area contributed by atoms with Crippen LogP contribution in [0.3, 0.4) is 0 Å². The van der Waals surface area contributed by atoms with Crippen LogP contribution in [-0.2, 0) is 4.43 Å². The van der Waals surface area contributed by atoms with Crippen LogP contribution in [0.25, 0.3) is 0 Å². The molecule has 0 radical (unpaired) electrons. The predicted octanol–water partition coefficient (Wildman–Crippen LogP) is 2.38. The van der Waals surface area contributed by atoms with Crippen LogP contribution in [0.5, 0.6) is 0 Å². The predicted molar refractivity (Wildman–Crippen MR) is 59.2 cm³/mol. The van der Waals surface area contributed by atoms with Gasteiger partial charge in [0, 0.05) is 6.42 Å². The maximum atomic E-state index is 9.57. The van der Waals surface area contributed by atoms with Gasteiger partial charge in [-0.15, -0.1) is 0 Å². The highest BCUT2D eigenvalue weighted by atomic mass is 28.3. The molecule has 0 amide bonds. The Morgan fingerprint density at radius 2 is 1.77 bits per heavy atom. The van der Waals surface area contributed by atoms with Crippen molar-refractivity contribution in [3.05, 3.63) is 0 Å². The summed E-state index contributed by atoms with van der Waals surface area (Å²) in [4.78, 5) is 0. The maximum absolute atomic E-state index is 9.57. The molecule has 13 heavy (non-hydrogen) atoms. The van der Waals surface area contributed by atoms with Crippen LogP contribution < -0.4 is 0 Å². The van der Waals surface area contributed by atoms with Gasteiger partial charge in [-0.3, -0.25) is 0 Å². The van der Waals surface area contributed by atoms with E-state index in [-0.39, 0.29) is 5.41 Å². The lowest BCUT2D eigenvalue weighted by Crippen LogP contribution is -2.27. The molecule has 2 atom stereocenters. The molecule has 0 aliphatic carbocycles. The van der Waals surface area contributed by atoms with Crippen molar-refractivity contribution in [2.75, 3.05) is 0 Å². The van der Waals surface area contributed by atoms with Gasteiger partial charge in [0.2, 0.25) is 0 Å². The van der Waals surface area contributed by atoms with Gasteiger partial charge < -0.3 is 9.53 Å². The third-order valence-corrected chi connectivity index (χ3v) is 3.32. The molecular formula is C10H24O2Si. The molecule has 1 N–H and O–H groups in total. The van der Waals surface area contributed by atoms with E-state index in [0.717, 1.165) is 6.42 Å². The molecule has 0 rings (SSSR count). The second-order valence-corrected chi connectivity index (χ2v) is 7.51. The molecule has 0 saturated carbocycles.